The molecule has 5 heteroatoms. The van der Waals surface area contributed by atoms with Crippen LogP contribution in [0.2, 0.25) is 0 Å². The molecule has 0 bridgehead atoms. The van der Waals surface area contributed by atoms with Crippen LogP contribution in [0, 0.1) is 18.3 Å². The van der Waals surface area contributed by atoms with Gasteiger partial charge in [0.1, 0.15) is 11.8 Å². The van der Waals surface area contributed by atoms with Gasteiger partial charge in [0, 0.05) is 5.69 Å². The number of carboxylic acid groups (broad SMARTS) is 1. The second kappa shape index (κ2) is 5.27. The number of carboxylic acids is 1. The van der Waals surface area contributed by atoms with E-state index in [1.165, 1.54) is 0 Å². The Morgan fingerprint density at radius 3 is 2.84 bits per heavy atom. The van der Waals surface area contributed by atoms with Gasteiger partial charge in [-0.3, -0.25) is 0 Å². The first-order chi connectivity index (χ1) is 9.10. The third-order valence-electron chi connectivity index (χ3n) is 2.71. The van der Waals surface area contributed by atoms with E-state index < -0.39 is 5.97 Å². The van der Waals surface area contributed by atoms with E-state index >= 15 is 0 Å². The van der Waals surface area contributed by atoms with E-state index in [4.69, 9.17) is 14.8 Å². The first-order valence-corrected chi connectivity index (χ1v) is 5.67. The standard InChI is InChI=1S/C14H12N2O3/c1-9-2-3-10(14(17)18)6-13(9)16-8-12-5-4-11(7-15)19-12/h2-6,16H,8H2,1H3,(H,17,18). The molecular weight excluding hydrogens is 244 g/mol. The van der Waals surface area contributed by atoms with Crippen LogP contribution in [0.4, 0.5) is 5.69 Å². The van der Waals surface area contributed by atoms with Crippen molar-refractivity contribution in [1.82, 2.24) is 0 Å². The van der Waals surface area contributed by atoms with Crippen LogP contribution in [0.15, 0.2) is 34.7 Å². The molecule has 2 aromatic rings. The van der Waals surface area contributed by atoms with Gasteiger partial charge in [0.05, 0.1) is 12.1 Å². The maximum Gasteiger partial charge on any atom is 0.335 e. The Kier molecular flexibility index (Phi) is 3.53. The lowest BCUT2D eigenvalue weighted by molar-refractivity contribution is 0.0697. The third-order valence-corrected chi connectivity index (χ3v) is 2.71. The van der Waals surface area contributed by atoms with Crippen molar-refractivity contribution in [1.29, 1.82) is 5.26 Å². The number of hydrogen-bond acceptors (Lipinski definition) is 4. The highest BCUT2D eigenvalue weighted by Crippen LogP contribution is 2.18. The number of aryl methyl sites for hydroxylation is 1. The lowest BCUT2D eigenvalue weighted by atomic mass is 10.1. The van der Waals surface area contributed by atoms with Crippen molar-refractivity contribution in [3.63, 3.8) is 0 Å². The van der Waals surface area contributed by atoms with E-state index in [0.717, 1.165) is 11.3 Å². The van der Waals surface area contributed by atoms with Crippen LogP contribution in [0.5, 0.6) is 0 Å². The zero-order chi connectivity index (χ0) is 13.8. The third kappa shape index (κ3) is 2.93. The zero-order valence-electron chi connectivity index (χ0n) is 10.3. The normalized spacial score (nSPS) is 9.89. The van der Waals surface area contributed by atoms with Gasteiger partial charge in [0.2, 0.25) is 5.76 Å². The van der Waals surface area contributed by atoms with Crippen LogP contribution in [0.3, 0.4) is 0 Å². The molecule has 0 saturated heterocycles. The summed E-state index contributed by atoms with van der Waals surface area (Å²) in [5.74, 6) is -0.0858. The minimum Gasteiger partial charge on any atom is -0.478 e. The van der Waals surface area contributed by atoms with Crippen LogP contribution in [0.1, 0.15) is 27.4 Å². The molecule has 0 aliphatic heterocycles. The molecule has 0 unspecified atom stereocenters. The highest BCUT2D eigenvalue weighted by Gasteiger charge is 2.07. The van der Waals surface area contributed by atoms with Gasteiger partial charge in [-0.25, -0.2) is 4.79 Å². The predicted molar refractivity (Wildman–Crippen MR) is 68.9 cm³/mol. The summed E-state index contributed by atoms with van der Waals surface area (Å²) in [6.07, 6.45) is 0. The molecule has 1 aromatic carbocycles. The van der Waals surface area contributed by atoms with Crippen LogP contribution < -0.4 is 5.32 Å². The minimum absolute atomic E-state index is 0.227. The zero-order valence-corrected chi connectivity index (χ0v) is 10.3. The van der Waals surface area contributed by atoms with Crippen molar-refractivity contribution in [2.75, 3.05) is 5.32 Å². The molecular formula is C14H12N2O3. The molecule has 0 aliphatic carbocycles. The topological polar surface area (TPSA) is 86.3 Å². The van der Waals surface area contributed by atoms with E-state index in [0.29, 0.717) is 12.3 Å². The Labute approximate surface area is 110 Å². The van der Waals surface area contributed by atoms with E-state index in [1.807, 2.05) is 13.0 Å². The summed E-state index contributed by atoms with van der Waals surface area (Å²) in [6, 6.07) is 10.1. The molecule has 0 amide bonds. The summed E-state index contributed by atoms with van der Waals surface area (Å²) >= 11 is 0. The Bertz CT molecular complexity index is 653. The fraction of sp³-hybridized carbons (Fsp3) is 0.143. The number of hydrogen-bond donors (Lipinski definition) is 2. The molecule has 0 saturated carbocycles. The first kappa shape index (κ1) is 12.7. The monoisotopic (exact) mass is 256 g/mol. The Morgan fingerprint density at radius 2 is 2.21 bits per heavy atom. The number of benzene rings is 1. The molecule has 0 atom stereocenters. The van der Waals surface area contributed by atoms with Gasteiger partial charge in [0.25, 0.3) is 0 Å². The summed E-state index contributed by atoms with van der Waals surface area (Å²) < 4.78 is 5.23. The number of nitrogens with one attached hydrogen (secondary N) is 1. The van der Waals surface area contributed by atoms with E-state index in [-0.39, 0.29) is 11.3 Å². The van der Waals surface area contributed by atoms with Crippen molar-refractivity contribution in [3.8, 4) is 6.07 Å². The van der Waals surface area contributed by atoms with E-state index in [9.17, 15) is 4.79 Å². The number of nitrogens with zero attached hydrogens (tertiary/aromatic N) is 1. The fourth-order valence-electron chi connectivity index (χ4n) is 1.66. The first-order valence-electron chi connectivity index (χ1n) is 5.67. The van der Waals surface area contributed by atoms with Crippen LogP contribution in [0.25, 0.3) is 0 Å². The van der Waals surface area contributed by atoms with Gasteiger partial charge in [0.15, 0.2) is 0 Å². The number of nitriles is 1. The number of furan rings is 1. The molecule has 96 valence electrons. The molecule has 0 aliphatic rings. The van der Waals surface area contributed by atoms with Gasteiger partial charge < -0.3 is 14.8 Å². The maximum absolute atomic E-state index is 10.9. The molecule has 19 heavy (non-hydrogen) atoms. The van der Waals surface area contributed by atoms with Crippen LogP contribution >= 0.6 is 0 Å². The molecule has 2 rings (SSSR count). The van der Waals surface area contributed by atoms with Crippen molar-refractivity contribution in [2.24, 2.45) is 0 Å². The van der Waals surface area contributed by atoms with Crippen LogP contribution in [-0.4, -0.2) is 11.1 Å². The molecule has 1 heterocycles. The smallest absolute Gasteiger partial charge is 0.335 e. The predicted octanol–water partition coefficient (Wildman–Crippen LogP) is 2.77. The van der Waals surface area contributed by atoms with Crippen molar-refractivity contribution in [3.05, 3.63) is 53.0 Å². The average molecular weight is 256 g/mol. The molecule has 2 N–H and O–H groups in total. The van der Waals surface area contributed by atoms with Crippen molar-refractivity contribution < 1.29 is 14.3 Å². The lowest BCUT2D eigenvalue weighted by Gasteiger charge is -2.09. The number of carbonyl (C=O) groups is 1. The minimum atomic E-state index is -0.965. The summed E-state index contributed by atoms with van der Waals surface area (Å²) in [5.41, 5.74) is 1.90. The summed E-state index contributed by atoms with van der Waals surface area (Å²) in [4.78, 5) is 10.9. The summed E-state index contributed by atoms with van der Waals surface area (Å²) in [5, 5.41) is 20.7. The van der Waals surface area contributed by atoms with Gasteiger partial charge in [-0.1, -0.05) is 6.07 Å². The van der Waals surface area contributed by atoms with Gasteiger partial charge >= 0.3 is 5.97 Å². The average Bonchev–Trinajstić information content (AvgIpc) is 2.85. The lowest BCUT2D eigenvalue weighted by Crippen LogP contribution is -2.03. The molecule has 5 nitrogen and oxygen atoms in total. The molecule has 1 aromatic heterocycles. The van der Waals surface area contributed by atoms with E-state index in [2.05, 4.69) is 5.32 Å². The van der Waals surface area contributed by atoms with Gasteiger partial charge in [-0.15, -0.1) is 0 Å². The summed E-state index contributed by atoms with van der Waals surface area (Å²) in [6.45, 7) is 2.28. The quantitative estimate of drug-likeness (QED) is 0.878. The van der Waals surface area contributed by atoms with Crippen molar-refractivity contribution in [2.45, 2.75) is 13.5 Å². The van der Waals surface area contributed by atoms with Gasteiger partial charge in [-0.2, -0.15) is 5.26 Å². The fourth-order valence-corrected chi connectivity index (χ4v) is 1.66. The van der Waals surface area contributed by atoms with Gasteiger partial charge in [-0.05, 0) is 36.8 Å². The maximum atomic E-state index is 10.9. The highest BCUT2D eigenvalue weighted by atomic mass is 16.4. The summed E-state index contributed by atoms with van der Waals surface area (Å²) in [7, 11) is 0. The second-order valence-corrected chi connectivity index (χ2v) is 4.07. The largest absolute Gasteiger partial charge is 0.478 e. The Balaban J connectivity index is 2.12. The van der Waals surface area contributed by atoms with Crippen molar-refractivity contribution >= 4 is 11.7 Å². The number of aromatic carboxylic acids is 1. The SMILES string of the molecule is Cc1ccc(C(=O)O)cc1NCc1ccc(C#N)o1. The second-order valence-electron chi connectivity index (χ2n) is 4.07. The molecule has 0 fully saturated rings. The molecule has 0 radical (unpaired) electrons. The number of rotatable bonds is 4. The molecule has 0 spiro atoms. The van der Waals surface area contributed by atoms with E-state index in [1.54, 1.807) is 30.3 Å². The Morgan fingerprint density at radius 1 is 1.42 bits per heavy atom. The number of anilines is 1. The Hall–Kier alpha value is -2.74. The van der Waals surface area contributed by atoms with Crippen LogP contribution in [-0.2, 0) is 6.54 Å². The highest BCUT2D eigenvalue weighted by molar-refractivity contribution is 5.89.